The summed E-state index contributed by atoms with van der Waals surface area (Å²) >= 11 is 4.74. The van der Waals surface area contributed by atoms with Crippen LogP contribution in [0.15, 0.2) is 38.7 Å². The average molecular weight is 365 g/mol. The minimum Gasteiger partial charge on any atom is -0.302 e. The Labute approximate surface area is 132 Å². The van der Waals surface area contributed by atoms with Crippen molar-refractivity contribution in [3.05, 3.63) is 45.4 Å². The number of aromatic nitrogens is 3. The van der Waals surface area contributed by atoms with Gasteiger partial charge in [0.15, 0.2) is 5.69 Å². The van der Waals surface area contributed by atoms with Crippen LogP contribution in [0, 0.1) is 6.92 Å². The third-order valence-electron chi connectivity index (χ3n) is 2.63. The topological polar surface area (TPSA) is 80.9 Å². The Morgan fingerprint density at radius 3 is 2.95 bits per heavy atom. The van der Waals surface area contributed by atoms with E-state index in [0.717, 1.165) is 10.2 Å². The fourth-order valence-electron chi connectivity index (χ4n) is 1.68. The summed E-state index contributed by atoms with van der Waals surface area (Å²) in [7, 11) is 0. The molecule has 1 aromatic carbocycles. The van der Waals surface area contributed by atoms with Crippen molar-refractivity contribution in [2.45, 2.75) is 6.92 Å². The van der Waals surface area contributed by atoms with Crippen LogP contribution in [-0.2, 0) is 0 Å². The summed E-state index contributed by atoms with van der Waals surface area (Å²) in [6.45, 7) is 1.88. The number of carbonyl (C=O) groups is 1. The largest absolute Gasteiger partial charge is 0.302 e. The lowest BCUT2D eigenvalue weighted by atomic mass is 10.2. The van der Waals surface area contributed by atoms with E-state index in [1.807, 2.05) is 18.4 Å². The Balaban J connectivity index is 1.86. The monoisotopic (exact) mass is 364 g/mol. The van der Waals surface area contributed by atoms with Gasteiger partial charge in [0, 0.05) is 21.1 Å². The summed E-state index contributed by atoms with van der Waals surface area (Å²) in [6.07, 6.45) is 0. The Kier molecular flexibility index (Phi) is 3.80. The molecule has 0 fully saturated rings. The summed E-state index contributed by atoms with van der Waals surface area (Å²) < 4.78 is 5.54. The predicted octanol–water partition coefficient (Wildman–Crippen LogP) is 3.52. The molecule has 1 N–H and O–H groups in total. The van der Waals surface area contributed by atoms with E-state index in [4.69, 9.17) is 4.63 Å². The number of hydrogen-bond donors (Lipinski definition) is 1. The van der Waals surface area contributed by atoms with E-state index in [1.54, 1.807) is 18.2 Å². The highest BCUT2D eigenvalue weighted by Gasteiger charge is 2.18. The van der Waals surface area contributed by atoms with E-state index >= 15 is 0 Å². The first-order chi connectivity index (χ1) is 10.1. The summed E-state index contributed by atoms with van der Waals surface area (Å²) in [5.74, 6) is -0.0316. The van der Waals surface area contributed by atoms with Gasteiger partial charge in [-0.2, -0.15) is 0 Å². The number of carbonyl (C=O) groups excluding carboxylic acids is 1. The summed E-state index contributed by atoms with van der Waals surface area (Å²) in [5, 5.41) is 12.8. The second-order valence-electron chi connectivity index (χ2n) is 4.22. The number of hydrogen-bond acceptors (Lipinski definition) is 6. The van der Waals surface area contributed by atoms with Crippen LogP contribution in [0.25, 0.3) is 10.7 Å². The van der Waals surface area contributed by atoms with Gasteiger partial charge in [-0.1, -0.05) is 22.0 Å². The lowest BCUT2D eigenvalue weighted by molar-refractivity contribution is 0.102. The fourth-order valence-corrected chi connectivity index (χ4v) is 2.86. The molecule has 0 aliphatic rings. The number of aryl methyl sites for hydroxylation is 1. The minimum absolute atomic E-state index is 0.259. The molecule has 0 radical (unpaired) electrons. The quantitative estimate of drug-likeness (QED) is 0.768. The molecule has 106 valence electrons. The van der Waals surface area contributed by atoms with Crippen LogP contribution in [0.3, 0.4) is 0 Å². The van der Waals surface area contributed by atoms with Crippen molar-refractivity contribution in [2.24, 2.45) is 0 Å². The first kappa shape index (κ1) is 13.9. The van der Waals surface area contributed by atoms with E-state index in [1.165, 1.54) is 11.3 Å². The SMILES string of the molecule is Cc1csc(-c2nonc2NC(=O)c2cccc(Br)c2)n1. The second kappa shape index (κ2) is 5.74. The molecule has 0 unspecified atom stereocenters. The first-order valence-corrected chi connectivity index (χ1v) is 7.63. The van der Waals surface area contributed by atoms with Crippen LogP contribution < -0.4 is 5.32 Å². The highest BCUT2D eigenvalue weighted by atomic mass is 79.9. The van der Waals surface area contributed by atoms with Crippen molar-refractivity contribution in [1.82, 2.24) is 15.3 Å². The van der Waals surface area contributed by atoms with Crippen molar-refractivity contribution in [1.29, 1.82) is 0 Å². The zero-order valence-electron chi connectivity index (χ0n) is 10.8. The molecular formula is C13H9BrN4O2S. The van der Waals surface area contributed by atoms with Gasteiger partial charge in [0.25, 0.3) is 5.91 Å². The summed E-state index contributed by atoms with van der Waals surface area (Å²) in [5.41, 5.74) is 1.81. The van der Waals surface area contributed by atoms with E-state index in [0.29, 0.717) is 16.3 Å². The molecule has 0 bridgehead atoms. The molecule has 2 aromatic heterocycles. The molecule has 21 heavy (non-hydrogen) atoms. The number of benzene rings is 1. The van der Waals surface area contributed by atoms with Gasteiger partial charge in [-0.05, 0) is 35.4 Å². The molecule has 0 saturated heterocycles. The normalized spacial score (nSPS) is 10.6. The fraction of sp³-hybridized carbons (Fsp3) is 0.0769. The molecule has 3 aromatic rings. The number of halogens is 1. The minimum atomic E-state index is -0.290. The average Bonchev–Trinajstić information content (AvgIpc) is 3.07. The van der Waals surface area contributed by atoms with E-state index in [9.17, 15) is 4.79 Å². The van der Waals surface area contributed by atoms with Gasteiger partial charge in [0.1, 0.15) is 5.01 Å². The number of amides is 1. The molecule has 1 amide bonds. The molecule has 0 atom stereocenters. The molecule has 2 heterocycles. The van der Waals surface area contributed by atoms with Crippen LogP contribution >= 0.6 is 27.3 Å². The maximum atomic E-state index is 12.2. The summed E-state index contributed by atoms with van der Waals surface area (Å²) in [4.78, 5) is 16.5. The van der Waals surface area contributed by atoms with Crippen molar-refractivity contribution in [3.8, 4) is 10.7 Å². The Hall–Kier alpha value is -2.06. The van der Waals surface area contributed by atoms with Gasteiger partial charge in [0.05, 0.1) is 0 Å². The molecule has 0 spiro atoms. The maximum Gasteiger partial charge on any atom is 0.257 e. The smallest absolute Gasteiger partial charge is 0.257 e. The summed E-state index contributed by atoms with van der Waals surface area (Å²) in [6, 6.07) is 7.06. The van der Waals surface area contributed by atoms with E-state index < -0.39 is 0 Å². The van der Waals surface area contributed by atoms with Crippen molar-refractivity contribution in [3.63, 3.8) is 0 Å². The third kappa shape index (κ3) is 3.01. The van der Waals surface area contributed by atoms with Gasteiger partial charge >= 0.3 is 0 Å². The maximum absolute atomic E-state index is 12.2. The third-order valence-corrected chi connectivity index (χ3v) is 4.09. The van der Waals surface area contributed by atoms with Gasteiger partial charge < -0.3 is 5.32 Å². The molecule has 0 aliphatic carbocycles. The second-order valence-corrected chi connectivity index (χ2v) is 5.99. The number of anilines is 1. The van der Waals surface area contributed by atoms with Crippen LogP contribution in [-0.4, -0.2) is 21.2 Å². The highest BCUT2D eigenvalue weighted by molar-refractivity contribution is 9.10. The number of rotatable bonds is 3. The lowest BCUT2D eigenvalue weighted by Gasteiger charge is -2.02. The van der Waals surface area contributed by atoms with Gasteiger partial charge in [-0.15, -0.1) is 11.3 Å². The number of thiazole rings is 1. The lowest BCUT2D eigenvalue weighted by Crippen LogP contribution is -2.12. The van der Waals surface area contributed by atoms with Crippen LogP contribution in [0.4, 0.5) is 5.82 Å². The molecule has 0 aliphatic heterocycles. The predicted molar refractivity (Wildman–Crippen MR) is 82.2 cm³/mol. The van der Waals surface area contributed by atoms with E-state index in [2.05, 4.69) is 36.5 Å². The van der Waals surface area contributed by atoms with Gasteiger partial charge in [-0.25, -0.2) is 9.61 Å². The van der Waals surface area contributed by atoms with Crippen LogP contribution in [0.2, 0.25) is 0 Å². The highest BCUT2D eigenvalue weighted by Crippen LogP contribution is 2.27. The van der Waals surface area contributed by atoms with Crippen LogP contribution in [0.5, 0.6) is 0 Å². The zero-order chi connectivity index (χ0) is 14.8. The van der Waals surface area contributed by atoms with Crippen molar-refractivity contribution in [2.75, 3.05) is 5.32 Å². The molecule has 0 saturated carbocycles. The Bertz CT molecular complexity index is 799. The zero-order valence-corrected chi connectivity index (χ0v) is 13.2. The number of nitrogens with zero attached hydrogens (tertiary/aromatic N) is 3. The Morgan fingerprint density at radius 2 is 2.24 bits per heavy atom. The van der Waals surface area contributed by atoms with Crippen molar-refractivity contribution >= 4 is 39.0 Å². The van der Waals surface area contributed by atoms with Crippen LogP contribution in [0.1, 0.15) is 16.1 Å². The van der Waals surface area contributed by atoms with Gasteiger partial charge in [0.2, 0.25) is 5.82 Å². The van der Waals surface area contributed by atoms with Gasteiger partial charge in [-0.3, -0.25) is 4.79 Å². The van der Waals surface area contributed by atoms with Crippen molar-refractivity contribution < 1.29 is 9.42 Å². The first-order valence-electron chi connectivity index (χ1n) is 5.95. The van der Waals surface area contributed by atoms with E-state index in [-0.39, 0.29) is 11.7 Å². The standard InChI is InChI=1S/C13H9BrN4O2S/c1-7-6-21-13(15-7)10-11(18-20-17-10)16-12(19)8-3-2-4-9(14)5-8/h2-6H,1H3,(H,16,18,19). The molecular weight excluding hydrogens is 356 g/mol. The molecule has 6 nitrogen and oxygen atoms in total. The molecule has 8 heteroatoms. The number of nitrogens with one attached hydrogen (secondary N) is 1. The Morgan fingerprint density at radius 1 is 1.38 bits per heavy atom. The molecule has 3 rings (SSSR count).